The lowest BCUT2D eigenvalue weighted by Crippen LogP contribution is -2.50. The van der Waals surface area contributed by atoms with Crippen LogP contribution >= 0.6 is 27.7 Å². The molecular weight excluding hydrogens is 569 g/mol. The fraction of sp³-hybridized carbons (Fsp3) is 0.364. The Hall–Kier alpha value is -2.28. The van der Waals surface area contributed by atoms with Gasteiger partial charge in [0.25, 0.3) is 5.91 Å². The van der Waals surface area contributed by atoms with Crippen molar-refractivity contribution < 1.29 is 40.3 Å². The van der Waals surface area contributed by atoms with Crippen molar-refractivity contribution in [3.8, 4) is 0 Å². The lowest BCUT2D eigenvalue weighted by molar-refractivity contribution is -0.348. The molecule has 0 aliphatic heterocycles. The molecule has 2 aromatic carbocycles. The van der Waals surface area contributed by atoms with Gasteiger partial charge >= 0.3 is 18.0 Å². The largest absolute Gasteiger partial charge is 0.435 e. The quantitative estimate of drug-likeness (QED) is 0.373. The number of alkyl halides is 7. The standard InChI is InChI=1S/C22H20BrF7N2O2S/c1-11-9-13(20(24,21(25,26)27)22(28,29)30)7-8-16(11)32(12(2)10-35-3)19(34)17-14(18(31)33)5-4-6-15(17)23/h4-9,12H,10H2,1-3H3,(H2,31,33)/t12-/m0/s1. The molecule has 192 valence electrons. The van der Waals surface area contributed by atoms with Crippen LogP contribution in [0.15, 0.2) is 40.9 Å². The first kappa shape index (κ1) is 29.0. The number of benzene rings is 2. The number of nitrogens with two attached hydrogens (primary N) is 1. The minimum absolute atomic E-state index is 0.0572. The minimum atomic E-state index is -6.27. The summed E-state index contributed by atoms with van der Waals surface area (Å²) < 4.78 is 94.0. The molecule has 2 amide bonds. The maximum atomic E-state index is 14.6. The number of hydrogen-bond donors (Lipinski definition) is 1. The van der Waals surface area contributed by atoms with Crippen LogP contribution in [0.3, 0.4) is 0 Å². The van der Waals surface area contributed by atoms with Gasteiger partial charge in [0.15, 0.2) is 0 Å². The van der Waals surface area contributed by atoms with Gasteiger partial charge in [-0.15, -0.1) is 0 Å². The summed E-state index contributed by atoms with van der Waals surface area (Å²) in [5.74, 6) is -1.37. The number of primary amides is 1. The van der Waals surface area contributed by atoms with Gasteiger partial charge in [-0.05, 0) is 59.8 Å². The number of rotatable bonds is 7. The molecule has 0 bridgehead atoms. The van der Waals surface area contributed by atoms with Crippen LogP contribution in [0.5, 0.6) is 0 Å². The predicted octanol–water partition coefficient (Wildman–Crippen LogP) is 6.54. The highest BCUT2D eigenvalue weighted by molar-refractivity contribution is 9.10. The summed E-state index contributed by atoms with van der Waals surface area (Å²) in [6.07, 6.45) is -10.8. The van der Waals surface area contributed by atoms with Crippen LogP contribution in [0, 0.1) is 6.92 Å². The van der Waals surface area contributed by atoms with Crippen molar-refractivity contribution in [2.24, 2.45) is 5.73 Å². The Kier molecular flexibility index (Phi) is 8.58. The van der Waals surface area contributed by atoms with E-state index >= 15 is 0 Å². The highest BCUT2D eigenvalue weighted by Crippen LogP contribution is 2.53. The van der Waals surface area contributed by atoms with E-state index in [2.05, 4.69) is 15.9 Å². The molecular formula is C22H20BrF7N2O2S. The fourth-order valence-electron chi connectivity index (χ4n) is 3.56. The van der Waals surface area contributed by atoms with E-state index in [-0.39, 0.29) is 26.9 Å². The Labute approximate surface area is 209 Å². The van der Waals surface area contributed by atoms with Crippen molar-refractivity contribution in [3.05, 3.63) is 63.1 Å². The highest BCUT2D eigenvalue weighted by atomic mass is 79.9. The molecule has 0 fully saturated rings. The first-order chi connectivity index (χ1) is 16.0. The van der Waals surface area contributed by atoms with Crippen molar-refractivity contribution in [2.45, 2.75) is 37.9 Å². The van der Waals surface area contributed by atoms with Crippen molar-refractivity contribution in [2.75, 3.05) is 16.9 Å². The number of carbonyl (C=O) groups excluding carboxylic acids is 2. The average molecular weight is 589 g/mol. The van der Waals surface area contributed by atoms with Gasteiger partial charge in [-0.2, -0.15) is 38.1 Å². The van der Waals surface area contributed by atoms with Crippen LogP contribution in [0.25, 0.3) is 0 Å². The van der Waals surface area contributed by atoms with E-state index in [4.69, 9.17) is 5.73 Å². The van der Waals surface area contributed by atoms with Gasteiger partial charge in [-0.25, -0.2) is 4.39 Å². The highest BCUT2D eigenvalue weighted by Gasteiger charge is 2.73. The van der Waals surface area contributed by atoms with Crippen LogP contribution in [0.1, 0.15) is 38.8 Å². The van der Waals surface area contributed by atoms with Crippen molar-refractivity contribution in [3.63, 3.8) is 0 Å². The van der Waals surface area contributed by atoms with E-state index in [1.807, 2.05) is 0 Å². The van der Waals surface area contributed by atoms with Gasteiger partial charge in [-0.1, -0.05) is 18.2 Å². The van der Waals surface area contributed by atoms with E-state index in [0.29, 0.717) is 17.9 Å². The zero-order chi connectivity index (χ0) is 26.9. The number of amides is 2. The molecule has 0 aliphatic rings. The number of nitrogens with zero attached hydrogens (tertiary/aromatic N) is 1. The summed E-state index contributed by atoms with van der Waals surface area (Å²) in [5.41, 5.74) is -2.44. The zero-order valence-corrected chi connectivity index (χ0v) is 20.9. The minimum Gasteiger partial charge on any atom is -0.366 e. The van der Waals surface area contributed by atoms with E-state index in [1.165, 1.54) is 30.0 Å². The molecule has 2 N–H and O–H groups in total. The molecule has 0 unspecified atom stereocenters. The number of thioether (sulfide) groups is 1. The summed E-state index contributed by atoms with van der Waals surface area (Å²) in [5, 5.41) is 0. The first-order valence-electron chi connectivity index (χ1n) is 9.83. The number of hydrogen-bond acceptors (Lipinski definition) is 3. The Morgan fingerprint density at radius 2 is 1.63 bits per heavy atom. The molecule has 1 atom stereocenters. The molecule has 0 aromatic heterocycles. The summed E-state index contributed by atoms with van der Waals surface area (Å²) >= 11 is 4.51. The second kappa shape index (κ2) is 10.4. The second-order valence-corrected chi connectivity index (χ2v) is 9.43. The lowest BCUT2D eigenvalue weighted by Gasteiger charge is -2.33. The Morgan fingerprint density at radius 1 is 1.06 bits per heavy atom. The lowest BCUT2D eigenvalue weighted by atomic mass is 9.92. The molecule has 4 nitrogen and oxygen atoms in total. The zero-order valence-electron chi connectivity index (χ0n) is 18.5. The van der Waals surface area contributed by atoms with Crippen LogP contribution in [-0.4, -0.2) is 42.2 Å². The van der Waals surface area contributed by atoms with Gasteiger partial charge in [0.1, 0.15) is 0 Å². The molecule has 2 aromatic rings. The third-order valence-electron chi connectivity index (χ3n) is 5.20. The topological polar surface area (TPSA) is 63.4 Å². The smallest absolute Gasteiger partial charge is 0.366 e. The molecule has 13 heteroatoms. The third-order valence-corrected chi connectivity index (χ3v) is 6.67. The van der Waals surface area contributed by atoms with Gasteiger partial charge in [0.05, 0.1) is 11.1 Å². The summed E-state index contributed by atoms with van der Waals surface area (Å²) in [6, 6.07) is 5.20. The van der Waals surface area contributed by atoms with Crippen LogP contribution in [-0.2, 0) is 5.67 Å². The van der Waals surface area contributed by atoms with Crippen LogP contribution in [0.4, 0.5) is 36.4 Å². The molecule has 35 heavy (non-hydrogen) atoms. The Morgan fingerprint density at radius 3 is 2.09 bits per heavy atom. The number of carbonyl (C=O) groups is 2. The van der Waals surface area contributed by atoms with Crippen molar-refractivity contribution >= 4 is 45.2 Å². The maximum Gasteiger partial charge on any atom is 0.435 e. The molecule has 0 spiro atoms. The molecule has 0 saturated heterocycles. The average Bonchev–Trinajstić information content (AvgIpc) is 2.72. The van der Waals surface area contributed by atoms with Crippen LogP contribution < -0.4 is 10.6 Å². The maximum absolute atomic E-state index is 14.6. The monoisotopic (exact) mass is 588 g/mol. The van der Waals surface area contributed by atoms with Gasteiger partial charge < -0.3 is 10.6 Å². The Balaban J connectivity index is 2.74. The summed E-state index contributed by atoms with van der Waals surface area (Å²) in [6.45, 7) is 2.76. The van der Waals surface area contributed by atoms with E-state index in [0.717, 1.165) is 17.9 Å². The summed E-state index contributed by atoms with van der Waals surface area (Å²) in [7, 11) is 0. The van der Waals surface area contributed by atoms with E-state index < -0.39 is 41.4 Å². The number of halogens is 8. The van der Waals surface area contributed by atoms with Crippen LogP contribution in [0.2, 0.25) is 0 Å². The van der Waals surface area contributed by atoms with E-state index in [9.17, 15) is 40.3 Å². The molecule has 2 rings (SSSR count). The Bertz CT molecular complexity index is 1110. The molecule has 0 aliphatic carbocycles. The summed E-state index contributed by atoms with van der Waals surface area (Å²) in [4.78, 5) is 26.6. The second-order valence-electron chi connectivity index (χ2n) is 7.66. The van der Waals surface area contributed by atoms with E-state index in [1.54, 1.807) is 13.2 Å². The number of anilines is 1. The predicted molar refractivity (Wildman–Crippen MR) is 123 cm³/mol. The molecule has 0 heterocycles. The SMILES string of the molecule is CSC[C@H](C)N(C(=O)c1c(Br)cccc1C(N)=O)c1ccc(C(F)(C(F)(F)F)C(F)(F)F)cc1C. The van der Waals surface area contributed by atoms with Gasteiger partial charge in [0.2, 0.25) is 5.91 Å². The van der Waals surface area contributed by atoms with Crippen molar-refractivity contribution in [1.29, 1.82) is 0 Å². The number of aryl methyl sites for hydroxylation is 1. The normalized spacial score (nSPS) is 13.5. The van der Waals surface area contributed by atoms with Gasteiger partial charge in [-0.3, -0.25) is 9.59 Å². The van der Waals surface area contributed by atoms with Gasteiger partial charge in [0, 0.05) is 27.5 Å². The fourth-order valence-corrected chi connectivity index (χ4v) is 4.73. The molecule has 0 radical (unpaired) electrons. The van der Waals surface area contributed by atoms with Crippen molar-refractivity contribution in [1.82, 2.24) is 0 Å². The molecule has 0 saturated carbocycles. The first-order valence-corrected chi connectivity index (χ1v) is 12.0. The third kappa shape index (κ3) is 5.45.